The number of urea groups is 1. The fraction of sp³-hybridized carbons (Fsp3) is 0.333. The third-order valence-corrected chi connectivity index (χ3v) is 5.03. The number of anilines is 2. The molecule has 0 spiro atoms. The molecule has 5 nitrogen and oxygen atoms in total. The highest BCUT2D eigenvalue weighted by Crippen LogP contribution is 2.33. The van der Waals surface area contributed by atoms with E-state index in [2.05, 4.69) is 10.6 Å². The maximum atomic E-state index is 12.2. The molecule has 24 heavy (non-hydrogen) atoms. The number of fused-ring (bicyclic) bond motifs is 1. The molecule has 3 rings (SSSR count). The molecule has 0 bridgehead atoms. The lowest BCUT2D eigenvalue weighted by atomic mass is 9.98. The van der Waals surface area contributed by atoms with Crippen LogP contribution in [0.25, 0.3) is 0 Å². The highest BCUT2D eigenvalue weighted by Gasteiger charge is 2.17. The first kappa shape index (κ1) is 16.5. The second-order valence-corrected chi connectivity index (χ2v) is 6.60. The third-order valence-electron chi connectivity index (χ3n) is 3.94. The molecule has 1 aromatic carbocycles. The average molecular weight is 344 g/mol. The lowest BCUT2D eigenvalue weighted by molar-refractivity contribution is 0.0526. The van der Waals surface area contributed by atoms with Crippen molar-refractivity contribution in [2.75, 3.05) is 17.2 Å². The van der Waals surface area contributed by atoms with Gasteiger partial charge in [-0.15, -0.1) is 11.3 Å². The Labute approximate surface area is 145 Å². The maximum absolute atomic E-state index is 12.2. The molecule has 0 aliphatic heterocycles. The molecule has 0 fully saturated rings. The van der Waals surface area contributed by atoms with E-state index in [-0.39, 0.29) is 6.03 Å². The van der Waals surface area contributed by atoms with Crippen molar-refractivity contribution in [3.8, 4) is 0 Å². The molecule has 1 heterocycles. The largest absolute Gasteiger partial charge is 0.462 e. The summed E-state index contributed by atoms with van der Waals surface area (Å²) in [6.45, 7) is 2.08. The van der Waals surface area contributed by atoms with Crippen LogP contribution in [0.3, 0.4) is 0 Å². The molecule has 126 valence electrons. The summed E-state index contributed by atoms with van der Waals surface area (Å²) in [4.78, 5) is 25.4. The Balaban J connectivity index is 1.66. The van der Waals surface area contributed by atoms with Crippen LogP contribution in [-0.2, 0) is 17.6 Å². The van der Waals surface area contributed by atoms with Gasteiger partial charge in [0.25, 0.3) is 0 Å². The SMILES string of the molecule is CCOC(=O)c1cccc(NC(=O)Nc2csc3c2CCCC3)c1. The molecular weight excluding hydrogens is 324 g/mol. The maximum Gasteiger partial charge on any atom is 0.338 e. The Kier molecular flexibility index (Phi) is 5.15. The van der Waals surface area contributed by atoms with Crippen LogP contribution in [0.1, 0.15) is 40.6 Å². The van der Waals surface area contributed by atoms with Gasteiger partial charge in [-0.1, -0.05) is 6.07 Å². The molecule has 2 amide bonds. The number of benzene rings is 1. The van der Waals surface area contributed by atoms with Gasteiger partial charge in [0.05, 0.1) is 17.9 Å². The van der Waals surface area contributed by atoms with Gasteiger partial charge in [0, 0.05) is 15.9 Å². The monoisotopic (exact) mass is 344 g/mol. The molecule has 0 saturated heterocycles. The van der Waals surface area contributed by atoms with E-state index in [4.69, 9.17) is 4.74 Å². The van der Waals surface area contributed by atoms with Gasteiger partial charge < -0.3 is 15.4 Å². The van der Waals surface area contributed by atoms with Crippen LogP contribution in [0.4, 0.5) is 16.2 Å². The summed E-state index contributed by atoms with van der Waals surface area (Å²) in [7, 11) is 0. The Morgan fingerprint density at radius 2 is 2.04 bits per heavy atom. The number of carbonyl (C=O) groups is 2. The number of carbonyl (C=O) groups excluding carboxylic acids is 2. The van der Waals surface area contributed by atoms with Gasteiger partial charge in [-0.3, -0.25) is 0 Å². The number of thiophene rings is 1. The summed E-state index contributed by atoms with van der Waals surface area (Å²) in [6, 6.07) is 6.43. The number of rotatable bonds is 4. The summed E-state index contributed by atoms with van der Waals surface area (Å²) < 4.78 is 4.97. The van der Waals surface area contributed by atoms with Crippen LogP contribution in [0.2, 0.25) is 0 Å². The predicted molar refractivity (Wildman–Crippen MR) is 96.0 cm³/mol. The molecule has 1 aromatic heterocycles. The number of aryl methyl sites for hydroxylation is 1. The van der Waals surface area contributed by atoms with Crippen molar-refractivity contribution in [3.63, 3.8) is 0 Å². The standard InChI is InChI=1S/C18H20N2O3S/c1-2-23-17(21)12-6-5-7-13(10-12)19-18(22)20-15-11-24-16-9-4-3-8-14(15)16/h5-7,10-11H,2-4,8-9H2,1H3,(H2,19,20,22). The number of amides is 2. The first-order valence-electron chi connectivity index (χ1n) is 8.12. The fourth-order valence-electron chi connectivity index (χ4n) is 2.82. The summed E-state index contributed by atoms with van der Waals surface area (Å²) in [5.41, 5.74) is 3.14. The number of ether oxygens (including phenoxy) is 1. The topological polar surface area (TPSA) is 67.4 Å². The number of hydrogen-bond acceptors (Lipinski definition) is 4. The second-order valence-electron chi connectivity index (χ2n) is 5.64. The molecule has 0 unspecified atom stereocenters. The summed E-state index contributed by atoms with van der Waals surface area (Å²) in [5.74, 6) is -0.395. The normalized spacial score (nSPS) is 13.0. The van der Waals surface area contributed by atoms with Crippen LogP contribution in [-0.4, -0.2) is 18.6 Å². The Morgan fingerprint density at radius 1 is 1.21 bits per heavy atom. The molecule has 1 aliphatic rings. The van der Waals surface area contributed by atoms with Crippen LogP contribution < -0.4 is 10.6 Å². The van der Waals surface area contributed by atoms with Gasteiger partial charge in [-0.2, -0.15) is 0 Å². The van der Waals surface area contributed by atoms with Gasteiger partial charge >= 0.3 is 12.0 Å². The minimum atomic E-state index is -0.395. The Bertz CT molecular complexity index is 754. The fourth-order valence-corrected chi connectivity index (χ4v) is 3.90. The van der Waals surface area contributed by atoms with E-state index in [0.29, 0.717) is 17.9 Å². The predicted octanol–water partition coefficient (Wildman–Crippen LogP) is 4.45. The van der Waals surface area contributed by atoms with E-state index in [9.17, 15) is 9.59 Å². The number of hydrogen-bond donors (Lipinski definition) is 2. The van der Waals surface area contributed by atoms with Gasteiger partial charge in [0.1, 0.15) is 0 Å². The van der Waals surface area contributed by atoms with E-state index >= 15 is 0 Å². The summed E-state index contributed by atoms with van der Waals surface area (Å²) in [5, 5.41) is 7.69. The Hall–Kier alpha value is -2.34. The van der Waals surface area contributed by atoms with E-state index < -0.39 is 5.97 Å². The quantitative estimate of drug-likeness (QED) is 0.805. The van der Waals surface area contributed by atoms with Gasteiger partial charge in [-0.25, -0.2) is 9.59 Å². The molecular formula is C18H20N2O3S. The zero-order valence-electron chi connectivity index (χ0n) is 13.6. The smallest absolute Gasteiger partial charge is 0.338 e. The van der Waals surface area contributed by atoms with Crippen molar-refractivity contribution in [1.29, 1.82) is 0 Å². The van der Waals surface area contributed by atoms with Crippen LogP contribution >= 0.6 is 11.3 Å². The van der Waals surface area contributed by atoms with Crippen molar-refractivity contribution < 1.29 is 14.3 Å². The second kappa shape index (κ2) is 7.49. The van der Waals surface area contributed by atoms with E-state index in [0.717, 1.165) is 18.5 Å². The van der Waals surface area contributed by atoms with Crippen LogP contribution in [0.15, 0.2) is 29.6 Å². The molecule has 0 saturated carbocycles. The summed E-state index contributed by atoms with van der Waals surface area (Å²) in [6.07, 6.45) is 4.51. The Morgan fingerprint density at radius 3 is 2.88 bits per heavy atom. The first-order chi connectivity index (χ1) is 11.7. The van der Waals surface area contributed by atoms with Crippen molar-refractivity contribution >= 4 is 34.7 Å². The first-order valence-corrected chi connectivity index (χ1v) is 8.99. The van der Waals surface area contributed by atoms with Crippen LogP contribution in [0.5, 0.6) is 0 Å². The molecule has 2 N–H and O–H groups in total. The zero-order valence-corrected chi connectivity index (χ0v) is 14.4. The van der Waals surface area contributed by atoms with Crippen LogP contribution in [0, 0.1) is 0 Å². The van der Waals surface area contributed by atoms with Crippen molar-refractivity contribution in [1.82, 2.24) is 0 Å². The van der Waals surface area contributed by atoms with E-state index in [1.165, 1.54) is 23.3 Å². The van der Waals surface area contributed by atoms with E-state index in [1.807, 2.05) is 5.38 Å². The number of esters is 1. The lowest BCUT2D eigenvalue weighted by Gasteiger charge is -2.14. The zero-order chi connectivity index (χ0) is 16.9. The van der Waals surface area contributed by atoms with Crippen molar-refractivity contribution in [3.05, 3.63) is 45.6 Å². The van der Waals surface area contributed by atoms with Gasteiger partial charge in [0.2, 0.25) is 0 Å². The molecule has 0 radical (unpaired) electrons. The van der Waals surface area contributed by atoms with Gasteiger partial charge in [0.15, 0.2) is 0 Å². The number of nitrogens with one attached hydrogen (secondary N) is 2. The van der Waals surface area contributed by atoms with E-state index in [1.54, 1.807) is 42.5 Å². The minimum absolute atomic E-state index is 0.304. The minimum Gasteiger partial charge on any atom is -0.462 e. The van der Waals surface area contributed by atoms with Crippen molar-refractivity contribution in [2.24, 2.45) is 0 Å². The molecule has 2 aromatic rings. The van der Waals surface area contributed by atoms with Gasteiger partial charge in [-0.05, 0) is 56.4 Å². The molecule has 6 heteroatoms. The molecule has 1 aliphatic carbocycles. The summed E-state index contributed by atoms with van der Waals surface area (Å²) >= 11 is 1.71. The average Bonchev–Trinajstić information content (AvgIpc) is 2.98. The molecule has 0 atom stereocenters. The highest BCUT2D eigenvalue weighted by molar-refractivity contribution is 7.10. The highest BCUT2D eigenvalue weighted by atomic mass is 32.1. The third kappa shape index (κ3) is 3.76. The lowest BCUT2D eigenvalue weighted by Crippen LogP contribution is -2.20. The van der Waals surface area contributed by atoms with Crippen molar-refractivity contribution in [2.45, 2.75) is 32.6 Å².